The van der Waals surface area contributed by atoms with Gasteiger partial charge in [-0.1, -0.05) is 120 Å². The standard InChI is InChI=1S/C97H110O16/c1-5-9-11-17-70-37-53-86(54-38-70)111-95(104)85-52-57-88(112-94(103)82-48-44-80(45-49-82)92(101)109-67-15-14-65-107-90(99)8-4)84(68-85)41-36-75-28-26-73(27-29-75)23-22-71-18-20-72(21-19-71)24-25-74-30-32-76(33-31-74)58-61-97(62-59-78(60-63-97)77-39-34-69(16-6-2)35-40-77)113-96(105)83-50-55-87(56-51-83)110-93(102)81-46-42-79(43-47-81)91(100)108-66-13-10-12-64-106-89(98)7-3/h7-8,18-21,26-33,50-52,55-57,68-70,77-82,86H,3-6,9-17,34-35,37-40,42-49,53-54,59-60,62-67H2,1-2H3. The number of unbranched alkanes of at least 4 members (excludes halogenated alkanes) is 5. The third-order valence-corrected chi connectivity index (χ3v) is 23.0. The maximum Gasteiger partial charge on any atom is 0.339 e. The highest BCUT2D eigenvalue weighted by Gasteiger charge is 2.41. The molecule has 113 heavy (non-hydrogen) atoms. The van der Waals surface area contributed by atoms with Crippen molar-refractivity contribution in [3.63, 3.8) is 0 Å². The van der Waals surface area contributed by atoms with Crippen LogP contribution in [0.15, 0.2) is 141 Å². The van der Waals surface area contributed by atoms with Crippen LogP contribution < -0.4 is 9.47 Å². The minimum atomic E-state index is -0.987. The van der Waals surface area contributed by atoms with E-state index in [4.69, 9.17) is 37.9 Å². The molecule has 0 atom stereocenters. The van der Waals surface area contributed by atoms with Gasteiger partial charge in [-0.15, -0.1) is 0 Å². The second kappa shape index (κ2) is 44.7. The van der Waals surface area contributed by atoms with Crippen molar-refractivity contribution >= 4 is 47.8 Å². The Labute approximate surface area is 668 Å². The van der Waals surface area contributed by atoms with E-state index in [-0.39, 0.29) is 60.7 Å². The van der Waals surface area contributed by atoms with Crippen LogP contribution in [0.3, 0.4) is 0 Å². The van der Waals surface area contributed by atoms with Gasteiger partial charge in [0.05, 0.1) is 66.8 Å². The fourth-order valence-corrected chi connectivity index (χ4v) is 16.0. The Hall–Kier alpha value is -10.4. The van der Waals surface area contributed by atoms with Crippen molar-refractivity contribution in [2.45, 2.75) is 225 Å². The fourth-order valence-electron chi connectivity index (χ4n) is 16.0. The fraction of sp³-hybridized carbons (Fsp3) is 0.485. The summed E-state index contributed by atoms with van der Waals surface area (Å²) in [7, 11) is 0. The summed E-state index contributed by atoms with van der Waals surface area (Å²) < 4.78 is 45.4. The zero-order valence-corrected chi connectivity index (χ0v) is 66.0. The van der Waals surface area contributed by atoms with Gasteiger partial charge in [0, 0.05) is 45.5 Å². The van der Waals surface area contributed by atoms with Crippen LogP contribution in [0.1, 0.15) is 273 Å². The zero-order valence-electron chi connectivity index (χ0n) is 66.0. The predicted octanol–water partition coefficient (Wildman–Crippen LogP) is 18.8. The van der Waals surface area contributed by atoms with Crippen LogP contribution in [0.25, 0.3) is 0 Å². The first-order chi connectivity index (χ1) is 55.0. The number of ether oxygens (including phenoxy) is 8. The van der Waals surface area contributed by atoms with Crippen molar-refractivity contribution in [1.29, 1.82) is 0 Å². The van der Waals surface area contributed by atoms with Crippen molar-refractivity contribution in [3.05, 3.63) is 191 Å². The van der Waals surface area contributed by atoms with Crippen LogP contribution in [-0.4, -0.2) is 85.9 Å². The molecule has 0 heterocycles. The summed E-state index contributed by atoms with van der Waals surface area (Å²) in [5, 5.41) is 0. The van der Waals surface area contributed by atoms with Gasteiger partial charge in [0.2, 0.25) is 0 Å². The highest BCUT2D eigenvalue weighted by Crippen LogP contribution is 2.45. The molecule has 0 saturated heterocycles. The minimum absolute atomic E-state index is 0.161. The highest BCUT2D eigenvalue weighted by atomic mass is 16.6. The normalized spacial score (nSPS) is 21.7. The van der Waals surface area contributed by atoms with E-state index < -0.39 is 41.4 Å². The van der Waals surface area contributed by atoms with Gasteiger partial charge in [-0.2, -0.15) is 0 Å². The molecule has 594 valence electrons. The van der Waals surface area contributed by atoms with Crippen molar-refractivity contribution < 1.29 is 76.3 Å². The van der Waals surface area contributed by atoms with Gasteiger partial charge in [0.25, 0.3) is 0 Å². The molecule has 5 aromatic carbocycles. The molecule has 10 rings (SSSR count). The Morgan fingerprint density at radius 3 is 1.28 bits per heavy atom. The molecule has 5 aliphatic carbocycles. The lowest BCUT2D eigenvalue weighted by Gasteiger charge is -2.41. The number of rotatable bonds is 30. The van der Waals surface area contributed by atoms with Gasteiger partial charge >= 0.3 is 47.8 Å². The molecule has 5 fully saturated rings. The quantitative estimate of drug-likeness (QED) is 0.0104. The first-order valence-corrected chi connectivity index (χ1v) is 41.5. The smallest absolute Gasteiger partial charge is 0.339 e. The van der Waals surface area contributed by atoms with Crippen LogP contribution >= 0.6 is 0 Å². The Bertz CT molecular complexity index is 4290. The number of esters is 8. The third kappa shape index (κ3) is 27.4. The zero-order chi connectivity index (χ0) is 79.6. The molecule has 0 N–H and O–H groups in total. The number of carbonyl (C=O) groups is 8. The van der Waals surface area contributed by atoms with E-state index in [1.807, 2.05) is 72.8 Å². The maximum atomic E-state index is 14.1. The summed E-state index contributed by atoms with van der Waals surface area (Å²) in [6.45, 7) is 12.3. The topological polar surface area (TPSA) is 210 Å². The van der Waals surface area contributed by atoms with E-state index in [0.717, 1.165) is 90.8 Å². The largest absolute Gasteiger partial charge is 0.465 e. The van der Waals surface area contributed by atoms with Gasteiger partial charge < -0.3 is 37.9 Å². The lowest BCUT2D eigenvalue weighted by molar-refractivity contribution is -0.152. The van der Waals surface area contributed by atoms with Gasteiger partial charge in [0.1, 0.15) is 17.6 Å². The Kier molecular flexibility index (Phi) is 33.6. The summed E-state index contributed by atoms with van der Waals surface area (Å²) in [6.07, 6.45) is 28.6. The molecule has 0 amide bonds. The van der Waals surface area contributed by atoms with Crippen molar-refractivity contribution in [2.75, 3.05) is 26.4 Å². The summed E-state index contributed by atoms with van der Waals surface area (Å²) in [6, 6.07) is 34.4. The van der Waals surface area contributed by atoms with Crippen LogP contribution in [0, 0.1) is 94.7 Å². The van der Waals surface area contributed by atoms with Gasteiger partial charge in [-0.25, -0.2) is 19.2 Å². The van der Waals surface area contributed by atoms with Crippen molar-refractivity contribution in [2.24, 2.45) is 47.3 Å². The average molecular weight is 1530 g/mol. The first kappa shape index (κ1) is 85.0. The first-order valence-electron chi connectivity index (χ1n) is 41.5. The lowest BCUT2D eigenvalue weighted by atomic mass is 9.67. The van der Waals surface area contributed by atoms with E-state index in [1.54, 1.807) is 42.5 Å². The number of benzene rings is 5. The second-order valence-electron chi connectivity index (χ2n) is 31.1. The van der Waals surface area contributed by atoms with Crippen LogP contribution in [-0.2, 0) is 57.2 Å². The molecule has 5 aliphatic rings. The Morgan fingerprint density at radius 2 is 0.805 bits per heavy atom. The molecule has 5 aromatic rings. The van der Waals surface area contributed by atoms with E-state index in [2.05, 4.69) is 74.4 Å². The second-order valence-corrected chi connectivity index (χ2v) is 31.1. The molecule has 0 aliphatic heterocycles. The summed E-state index contributed by atoms with van der Waals surface area (Å²) in [5.41, 5.74) is 4.73. The van der Waals surface area contributed by atoms with E-state index >= 15 is 0 Å². The number of hydrogen-bond donors (Lipinski definition) is 0. The minimum Gasteiger partial charge on any atom is -0.465 e. The monoisotopic (exact) mass is 1530 g/mol. The van der Waals surface area contributed by atoms with Crippen molar-refractivity contribution in [1.82, 2.24) is 0 Å². The molecule has 0 spiro atoms. The van der Waals surface area contributed by atoms with Gasteiger partial charge in [-0.3, -0.25) is 19.2 Å². The molecule has 0 bridgehead atoms. The maximum absolute atomic E-state index is 14.1. The van der Waals surface area contributed by atoms with Crippen LogP contribution in [0.2, 0.25) is 0 Å². The Balaban J connectivity index is 0.724. The van der Waals surface area contributed by atoms with E-state index in [0.29, 0.717) is 149 Å². The molecule has 16 nitrogen and oxygen atoms in total. The van der Waals surface area contributed by atoms with E-state index in [1.165, 1.54) is 64.2 Å². The molecule has 16 heteroatoms. The third-order valence-electron chi connectivity index (χ3n) is 23.0. The summed E-state index contributed by atoms with van der Waals surface area (Å²) in [4.78, 5) is 103. The summed E-state index contributed by atoms with van der Waals surface area (Å²) in [5.74, 6) is 25.0. The molecule has 0 radical (unpaired) electrons. The van der Waals surface area contributed by atoms with Crippen LogP contribution in [0.4, 0.5) is 0 Å². The molecule has 0 aromatic heterocycles. The highest BCUT2D eigenvalue weighted by molar-refractivity contribution is 5.91. The number of carbonyl (C=O) groups excluding carboxylic acids is 8. The van der Waals surface area contributed by atoms with Gasteiger partial charge in [-0.05, 0) is 293 Å². The van der Waals surface area contributed by atoms with Gasteiger partial charge in [0.15, 0.2) is 5.60 Å². The van der Waals surface area contributed by atoms with E-state index in [9.17, 15) is 38.4 Å². The van der Waals surface area contributed by atoms with Crippen molar-refractivity contribution in [3.8, 4) is 58.9 Å². The molecule has 0 unspecified atom stereocenters. The number of hydrogen-bond acceptors (Lipinski definition) is 16. The van der Waals surface area contributed by atoms with Crippen LogP contribution in [0.5, 0.6) is 11.5 Å². The molecular formula is C97H110O16. The molecular weight excluding hydrogens is 1420 g/mol. The predicted molar refractivity (Wildman–Crippen MR) is 432 cm³/mol. The Morgan fingerprint density at radius 1 is 0.389 bits per heavy atom. The average Bonchev–Trinajstić information content (AvgIpc) is 0.809. The lowest BCUT2D eigenvalue weighted by Crippen LogP contribution is -2.39. The SMILES string of the molecule is C=CC(=O)OCCCCCOC(=O)C1CCC(C(=O)Oc2ccc(C(=O)OC3(C#Cc4ccc(C#Cc5ccc(C#Cc6ccc(C#Cc7cc(C(=O)OC8CCC(CCCCC)CC8)ccc7OC(=O)C7CCC(C(=O)OCCCCOC(=O)C=C)CC7)cc6)cc5)cc4)CCC(C4CCC(CCC)CC4)CC3)cc2)CC1. The molecule has 5 saturated carbocycles. The summed E-state index contributed by atoms with van der Waals surface area (Å²) >= 11 is 0.